The summed E-state index contributed by atoms with van der Waals surface area (Å²) in [5, 5.41) is 0. The Hall–Kier alpha value is -1.63. The molecule has 2 aromatic rings. The first-order valence-corrected chi connectivity index (χ1v) is 6.05. The predicted molar refractivity (Wildman–Crippen MR) is 72.0 cm³/mol. The lowest BCUT2D eigenvalue weighted by molar-refractivity contribution is -0.667. The van der Waals surface area contributed by atoms with Gasteiger partial charge in [-0.25, -0.2) is 0 Å². The predicted octanol–water partition coefficient (Wildman–Crippen LogP) is 3.41. The molecule has 1 heterocycles. The number of rotatable bonds is 1. The third kappa shape index (κ3) is 1.97. The molecule has 0 aliphatic rings. The molecule has 88 valence electrons. The van der Waals surface area contributed by atoms with Crippen LogP contribution in [0.2, 0.25) is 0 Å². The Morgan fingerprint density at radius 3 is 2.24 bits per heavy atom. The van der Waals surface area contributed by atoms with E-state index in [0.717, 1.165) is 0 Å². The standard InChI is InChI=1S/C16H20N/c1-11-7-6-8-15(13(11)3)16-10-9-12(2)14(4)17(16)5/h6-10H,1-5H3/q+1. The van der Waals surface area contributed by atoms with Crippen molar-refractivity contribution < 1.29 is 4.57 Å². The molecule has 1 nitrogen and oxygen atoms in total. The van der Waals surface area contributed by atoms with Crippen LogP contribution in [0.15, 0.2) is 30.3 Å². The van der Waals surface area contributed by atoms with Gasteiger partial charge in [-0.15, -0.1) is 0 Å². The first-order valence-electron chi connectivity index (χ1n) is 6.05. The van der Waals surface area contributed by atoms with E-state index in [9.17, 15) is 0 Å². The minimum absolute atomic E-state index is 1.29. The number of nitrogens with zero attached hydrogens (tertiary/aromatic N) is 1. The molecule has 17 heavy (non-hydrogen) atoms. The minimum atomic E-state index is 1.29. The molecular formula is C16H20N+. The summed E-state index contributed by atoms with van der Waals surface area (Å²) >= 11 is 0. The topological polar surface area (TPSA) is 3.88 Å². The summed E-state index contributed by atoms with van der Waals surface area (Å²) < 4.78 is 2.27. The highest BCUT2D eigenvalue weighted by Crippen LogP contribution is 2.23. The fourth-order valence-electron chi connectivity index (χ4n) is 2.18. The van der Waals surface area contributed by atoms with Gasteiger partial charge in [-0.2, -0.15) is 4.57 Å². The average molecular weight is 226 g/mol. The van der Waals surface area contributed by atoms with Crippen LogP contribution in [0.1, 0.15) is 22.4 Å². The van der Waals surface area contributed by atoms with Crippen molar-refractivity contribution in [2.45, 2.75) is 27.7 Å². The molecule has 0 spiro atoms. The van der Waals surface area contributed by atoms with E-state index in [4.69, 9.17) is 0 Å². The fourth-order valence-corrected chi connectivity index (χ4v) is 2.18. The molecule has 1 aromatic carbocycles. The first kappa shape index (κ1) is 11.8. The Morgan fingerprint density at radius 1 is 0.824 bits per heavy atom. The molecule has 0 atom stereocenters. The molecule has 0 amide bonds. The van der Waals surface area contributed by atoms with E-state index in [2.05, 4.69) is 69.6 Å². The Bertz CT molecular complexity index is 568. The minimum Gasteiger partial charge on any atom is -0.198 e. The fraction of sp³-hybridized carbons (Fsp3) is 0.312. The van der Waals surface area contributed by atoms with E-state index in [1.54, 1.807) is 0 Å². The normalized spacial score (nSPS) is 10.6. The van der Waals surface area contributed by atoms with Crippen LogP contribution in [0, 0.1) is 27.7 Å². The van der Waals surface area contributed by atoms with Crippen molar-refractivity contribution in [3.63, 3.8) is 0 Å². The van der Waals surface area contributed by atoms with Crippen LogP contribution >= 0.6 is 0 Å². The Morgan fingerprint density at radius 2 is 1.53 bits per heavy atom. The van der Waals surface area contributed by atoms with Gasteiger partial charge in [-0.3, -0.25) is 0 Å². The average Bonchev–Trinajstić information content (AvgIpc) is 2.31. The quantitative estimate of drug-likeness (QED) is 0.656. The summed E-state index contributed by atoms with van der Waals surface area (Å²) in [5.41, 5.74) is 7.99. The molecule has 0 aliphatic carbocycles. The lowest BCUT2D eigenvalue weighted by Crippen LogP contribution is -2.35. The summed E-state index contributed by atoms with van der Waals surface area (Å²) in [6.07, 6.45) is 0. The van der Waals surface area contributed by atoms with Gasteiger partial charge in [0.25, 0.3) is 0 Å². The maximum Gasteiger partial charge on any atom is 0.212 e. The molecule has 1 heteroatoms. The van der Waals surface area contributed by atoms with Crippen molar-refractivity contribution in [1.29, 1.82) is 0 Å². The van der Waals surface area contributed by atoms with Crippen molar-refractivity contribution in [2.24, 2.45) is 7.05 Å². The summed E-state index contributed by atoms with van der Waals surface area (Å²) in [7, 11) is 2.14. The van der Waals surface area contributed by atoms with E-state index >= 15 is 0 Å². The number of pyridine rings is 1. The number of hydrogen-bond donors (Lipinski definition) is 0. The zero-order valence-electron chi connectivity index (χ0n) is 11.3. The number of aryl methyl sites for hydroxylation is 2. The van der Waals surface area contributed by atoms with E-state index in [-0.39, 0.29) is 0 Å². The second-order valence-corrected chi connectivity index (χ2v) is 4.79. The van der Waals surface area contributed by atoms with Gasteiger partial charge >= 0.3 is 0 Å². The van der Waals surface area contributed by atoms with E-state index in [1.807, 2.05) is 0 Å². The second-order valence-electron chi connectivity index (χ2n) is 4.79. The molecule has 0 fully saturated rings. The Kier molecular flexibility index (Phi) is 3.01. The van der Waals surface area contributed by atoms with Gasteiger partial charge in [0.1, 0.15) is 7.05 Å². The van der Waals surface area contributed by atoms with Crippen LogP contribution in [0.25, 0.3) is 11.3 Å². The van der Waals surface area contributed by atoms with E-state index < -0.39 is 0 Å². The zero-order chi connectivity index (χ0) is 12.6. The van der Waals surface area contributed by atoms with Gasteiger partial charge in [0.05, 0.1) is 0 Å². The number of benzene rings is 1. The molecule has 0 saturated carbocycles. The molecule has 1 aromatic heterocycles. The van der Waals surface area contributed by atoms with Gasteiger partial charge in [0.2, 0.25) is 5.69 Å². The summed E-state index contributed by atoms with van der Waals surface area (Å²) in [5.74, 6) is 0. The van der Waals surface area contributed by atoms with Crippen LogP contribution in [-0.4, -0.2) is 0 Å². The van der Waals surface area contributed by atoms with Crippen LogP contribution in [0.5, 0.6) is 0 Å². The Balaban J connectivity index is 2.69. The van der Waals surface area contributed by atoms with Crippen LogP contribution < -0.4 is 4.57 Å². The van der Waals surface area contributed by atoms with Gasteiger partial charge in [-0.1, -0.05) is 12.1 Å². The van der Waals surface area contributed by atoms with Crippen molar-refractivity contribution in [3.8, 4) is 11.3 Å². The molecule has 0 saturated heterocycles. The van der Waals surface area contributed by atoms with Crippen molar-refractivity contribution >= 4 is 0 Å². The van der Waals surface area contributed by atoms with Crippen LogP contribution in [-0.2, 0) is 7.05 Å². The smallest absolute Gasteiger partial charge is 0.198 e. The summed E-state index contributed by atoms with van der Waals surface area (Å²) in [6, 6.07) is 10.9. The van der Waals surface area contributed by atoms with Crippen molar-refractivity contribution in [1.82, 2.24) is 0 Å². The largest absolute Gasteiger partial charge is 0.212 e. The molecular weight excluding hydrogens is 206 g/mol. The third-order valence-electron chi connectivity index (χ3n) is 3.81. The van der Waals surface area contributed by atoms with Gasteiger partial charge < -0.3 is 0 Å². The van der Waals surface area contributed by atoms with Crippen molar-refractivity contribution in [3.05, 3.63) is 52.7 Å². The second kappa shape index (κ2) is 4.33. The first-order chi connectivity index (χ1) is 8.02. The zero-order valence-corrected chi connectivity index (χ0v) is 11.3. The molecule has 0 radical (unpaired) electrons. The monoisotopic (exact) mass is 226 g/mol. The highest BCUT2D eigenvalue weighted by molar-refractivity contribution is 5.62. The third-order valence-corrected chi connectivity index (χ3v) is 3.81. The van der Waals surface area contributed by atoms with E-state index in [1.165, 1.54) is 33.6 Å². The lowest BCUT2D eigenvalue weighted by atomic mass is 9.99. The SMILES string of the molecule is Cc1cccc(-c2ccc(C)c(C)[n+]2C)c1C. The van der Waals surface area contributed by atoms with E-state index in [0.29, 0.717) is 0 Å². The highest BCUT2D eigenvalue weighted by atomic mass is 14.9. The van der Waals surface area contributed by atoms with Crippen LogP contribution in [0.4, 0.5) is 0 Å². The molecule has 0 unspecified atom stereocenters. The maximum atomic E-state index is 2.27. The summed E-state index contributed by atoms with van der Waals surface area (Å²) in [6.45, 7) is 8.69. The molecule has 0 bridgehead atoms. The maximum absolute atomic E-state index is 2.27. The van der Waals surface area contributed by atoms with Gasteiger partial charge in [-0.05, 0) is 44.0 Å². The molecule has 0 N–H and O–H groups in total. The van der Waals surface area contributed by atoms with Crippen molar-refractivity contribution in [2.75, 3.05) is 0 Å². The number of aromatic nitrogens is 1. The highest BCUT2D eigenvalue weighted by Gasteiger charge is 2.15. The Labute approximate surface area is 104 Å². The number of hydrogen-bond acceptors (Lipinski definition) is 0. The summed E-state index contributed by atoms with van der Waals surface area (Å²) in [4.78, 5) is 0. The van der Waals surface area contributed by atoms with Gasteiger partial charge in [0, 0.05) is 24.1 Å². The molecule has 0 aliphatic heterocycles. The van der Waals surface area contributed by atoms with Crippen LogP contribution in [0.3, 0.4) is 0 Å². The van der Waals surface area contributed by atoms with Gasteiger partial charge in [0.15, 0.2) is 5.69 Å². The lowest BCUT2D eigenvalue weighted by Gasteiger charge is -2.09. The molecule has 2 rings (SSSR count).